The van der Waals surface area contributed by atoms with Crippen LogP contribution in [0.2, 0.25) is 0 Å². The summed E-state index contributed by atoms with van der Waals surface area (Å²) >= 11 is 0. The van der Waals surface area contributed by atoms with E-state index in [-0.39, 0.29) is 0 Å². The summed E-state index contributed by atoms with van der Waals surface area (Å²) in [5, 5.41) is 0. The van der Waals surface area contributed by atoms with Crippen LogP contribution in [0.1, 0.15) is 59.3 Å². The molecule has 0 bridgehead atoms. The van der Waals surface area contributed by atoms with Crippen molar-refractivity contribution in [3.8, 4) is 0 Å². The third kappa shape index (κ3) is 3.46. The van der Waals surface area contributed by atoms with Crippen molar-refractivity contribution in [2.75, 3.05) is 13.1 Å². The molecule has 1 heterocycles. The zero-order valence-corrected chi connectivity index (χ0v) is 11.4. The normalized spacial score (nSPS) is 29.2. The molecule has 1 rings (SSSR count). The number of piperidine rings is 1. The van der Waals surface area contributed by atoms with Crippen LogP contribution in [-0.4, -0.2) is 30.1 Å². The zero-order chi connectivity index (χ0) is 12.0. The van der Waals surface area contributed by atoms with Crippen LogP contribution < -0.4 is 5.73 Å². The van der Waals surface area contributed by atoms with Crippen LogP contribution in [0.4, 0.5) is 0 Å². The van der Waals surface area contributed by atoms with Crippen molar-refractivity contribution in [2.24, 2.45) is 11.7 Å². The number of nitrogens with zero attached hydrogens (tertiary/aromatic N) is 1. The average Bonchev–Trinajstić information content (AvgIpc) is 2.35. The number of nitrogens with two attached hydrogens (primary N) is 1. The van der Waals surface area contributed by atoms with Gasteiger partial charge in [0.25, 0.3) is 0 Å². The van der Waals surface area contributed by atoms with Crippen LogP contribution >= 0.6 is 0 Å². The van der Waals surface area contributed by atoms with Crippen molar-refractivity contribution >= 4 is 0 Å². The summed E-state index contributed by atoms with van der Waals surface area (Å²) in [6, 6.07) is 1.42. The Balaban J connectivity index is 2.57. The molecule has 0 aromatic rings. The summed E-state index contributed by atoms with van der Waals surface area (Å²) in [6.07, 6.45) is 7.95. The van der Waals surface area contributed by atoms with Gasteiger partial charge in [0.05, 0.1) is 0 Å². The Morgan fingerprint density at radius 1 is 1.31 bits per heavy atom. The van der Waals surface area contributed by atoms with E-state index >= 15 is 0 Å². The second-order valence-corrected chi connectivity index (χ2v) is 5.28. The van der Waals surface area contributed by atoms with E-state index in [2.05, 4.69) is 25.7 Å². The van der Waals surface area contributed by atoms with Crippen LogP contribution in [0, 0.1) is 5.92 Å². The largest absolute Gasteiger partial charge is 0.329 e. The standard InChI is InChI=1S/C14H30N2/c1-4-7-13(6-3)16-9-8-12(5-2)10-14(16)11-15/h12-14H,4-11,15H2,1-3H3. The third-order valence-corrected chi connectivity index (χ3v) is 4.28. The smallest absolute Gasteiger partial charge is 0.0223 e. The molecule has 0 aliphatic carbocycles. The van der Waals surface area contributed by atoms with Crippen molar-refractivity contribution in [1.29, 1.82) is 0 Å². The lowest BCUT2D eigenvalue weighted by Crippen LogP contribution is -2.51. The van der Waals surface area contributed by atoms with Crippen LogP contribution in [-0.2, 0) is 0 Å². The summed E-state index contributed by atoms with van der Waals surface area (Å²) in [6.45, 7) is 9.05. The van der Waals surface area contributed by atoms with Crippen molar-refractivity contribution in [3.05, 3.63) is 0 Å². The van der Waals surface area contributed by atoms with E-state index < -0.39 is 0 Å². The quantitative estimate of drug-likeness (QED) is 0.754. The first-order valence-electron chi connectivity index (χ1n) is 7.22. The van der Waals surface area contributed by atoms with Gasteiger partial charge in [0.1, 0.15) is 0 Å². The highest BCUT2D eigenvalue weighted by Gasteiger charge is 2.30. The maximum absolute atomic E-state index is 5.96. The summed E-state index contributed by atoms with van der Waals surface area (Å²) < 4.78 is 0. The predicted octanol–water partition coefficient (Wildman–Crippen LogP) is 3.01. The SMILES string of the molecule is CCCC(CC)N1CCC(CC)CC1CN. The minimum Gasteiger partial charge on any atom is -0.329 e. The fourth-order valence-electron chi connectivity index (χ4n) is 3.17. The van der Waals surface area contributed by atoms with Gasteiger partial charge in [-0.15, -0.1) is 0 Å². The molecule has 3 unspecified atom stereocenters. The van der Waals surface area contributed by atoms with Crippen LogP contribution in [0.25, 0.3) is 0 Å². The molecule has 1 aliphatic rings. The fraction of sp³-hybridized carbons (Fsp3) is 1.00. The van der Waals surface area contributed by atoms with E-state index in [1.807, 2.05) is 0 Å². The monoisotopic (exact) mass is 226 g/mol. The molecular weight excluding hydrogens is 196 g/mol. The van der Waals surface area contributed by atoms with Gasteiger partial charge in [-0.1, -0.05) is 33.6 Å². The molecule has 2 heteroatoms. The molecular formula is C14H30N2. The number of hydrogen-bond donors (Lipinski definition) is 1. The van der Waals surface area contributed by atoms with Gasteiger partial charge in [0.15, 0.2) is 0 Å². The molecule has 0 aromatic carbocycles. The second-order valence-electron chi connectivity index (χ2n) is 5.28. The molecule has 2 N–H and O–H groups in total. The van der Waals surface area contributed by atoms with E-state index in [1.165, 1.54) is 45.1 Å². The summed E-state index contributed by atoms with van der Waals surface area (Å²) in [4.78, 5) is 2.70. The third-order valence-electron chi connectivity index (χ3n) is 4.28. The Hall–Kier alpha value is -0.0800. The molecule has 0 spiro atoms. The maximum Gasteiger partial charge on any atom is 0.0223 e. The molecule has 0 amide bonds. The first-order chi connectivity index (χ1) is 7.76. The van der Waals surface area contributed by atoms with E-state index in [0.717, 1.165) is 18.5 Å². The Morgan fingerprint density at radius 3 is 2.56 bits per heavy atom. The van der Waals surface area contributed by atoms with Gasteiger partial charge in [-0.25, -0.2) is 0 Å². The van der Waals surface area contributed by atoms with Crippen molar-refractivity contribution < 1.29 is 0 Å². The number of hydrogen-bond acceptors (Lipinski definition) is 2. The topological polar surface area (TPSA) is 29.3 Å². The molecule has 3 atom stereocenters. The first-order valence-corrected chi connectivity index (χ1v) is 7.22. The van der Waals surface area contributed by atoms with E-state index in [4.69, 9.17) is 5.73 Å². The molecule has 0 saturated carbocycles. The van der Waals surface area contributed by atoms with E-state index in [0.29, 0.717) is 6.04 Å². The minimum absolute atomic E-state index is 0.648. The van der Waals surface area contributed by atoms with Gasteiger partial charge in [0.2, 0.25) is 0 Å². The molecule has 2 nitrogen and oxygen atoms in total. The molecule has 1 fully saturated rings. The molecule has 1 saturated heterocycles. The molecule has 16 heavy (non-hydrogen) atoms. The van der Waals surface area contributed by atoms with Crippen LogP contribution in [0.5, 0.6) is 0 Å². The number of rotatable bonds is 6. The fourth-order valence-corrected chi connectivity index (χ4v) is 3.17. The summed E-state index contributed by atoms with van der Waals surface area (Å²) in [5.41, 5.74) is 5.96. The van der Waals surface area contributed by atoms with Gasteiger partial charge in [-0.3, -0.25) is 4.90 Å². The highest BCUT2D eigenvalue weighted by Crippen LogP contribution is 2.28. The maximum atomic E-state index is 5.96. The van der Waals surface area contributed by atoms with E-state index in [1.54, 1.807) is 0 Å². The lowest BCUT2D eigenvalue weighted by Gasteiger charge is -2.43. The highest BCUT2D eigenvalue weighted by molar-refractivity contribution is 4.86. The molecule has 0 radical (unpaired) electrons. The van der Waals surface area contributed by atoms with Crippen molar-refractivity contribution in [1.82, 2.24) is 4.90 Å². The summed E-state index contributed by atoms with van der Waals surface area (Å²) in [5.74, 6) is 0.920. The van der Waals surface area contributed by atoms with Gasteiger partial charge >= 0.3 is 0 Å². The second kappa shape index (κ2) is 7.29. The first kappa shape index (κ1) is 14.0. The molecule has 1 aliphatic heterocycles. The zero-order valence-electron chi connectivity index (χ0n) is 11.4. The van der Waals surface area contributed by atoms with Gasteiger partial charge in [0, 0.05) is 18.6 Å². The van der Waals surface area contributed by atoms with Crippen LogP contribution in [0.3, 0.4) is 0 Å². The van der Waals surface area contributed by atoms with Gasteiger partial charge < -0.3 is 5.73 Å². The Labute approximate surface area is 102 Å². The van der Waals surface area contributed by atoms with Crippen molar-refractivity contribution in [3.63, 3.8) is 0 Å². The lowest BCUT2D eigenvalue weighted by molar-refractivity contribution is 0.0638. The Kier molecular flexibility index (Phi) is 6.37. The van der Waals surface area contributed by atoms with Crippen molar-refractivity contribution in [2.45, 2.75) is 71.4 Å². The predicted molar refractivity (Wildman–Crippen MR) is 71.6 cm³/mol. The van der Waals surface area contributed by atoms with E-state index in [9.17, 15) is 0 Å². The minimum atomic E-state index is 0.648. The van der Waals surface area contributed by atoms with Gasteiger partial charge in [-0.2, -0.15) is 0 Å². The number of likely N-dealkylation sites (tertiary alicyclic amines) is 1. The van der Waals surface area contributed by atoms with Crippen LogP contribution in [0.15, 0.2) is 0 Å². The highest BCUT2D eigenvalue weighted by atomic mass is 15.2. The Morgan fingerprint density at radius 2 is 2.06 bits per heavy atom. The Bertz CT molecular complexity index is 182. The molecule has 96 valence electrons. The summed E-state index contributed by atoms with van der Waals surface area (Å²) in [7, 11) is 0. The molecule has 0 aromatic heterocycles. The average molecular weight is 226 g/mol. The van der Waals surface area contributed by atoms with Gasteiger partial charge in [-0.05, 0) is 38.1 Å². The lowest BCUT2D eigenvalue weighted by atomic mass is 9.87.